The minimum Gasteiger partial charge on any atom is -0.459 e. The van der Waals surface area contributed by atoms with Crippen LogP contribution >= 0.6 is 15.9 Å². The Labute approximate surface area is 212 Å². The van der Waals surface area contributed by atoms with Gasteiger partial charge in [-0.25, -0.2) is 9.59 Å². The number of amides is 2. The van der Waals surface area contributed by atoms with Crippen molar-refractivity contribution >= 4 is 44.8 Å². The molecule has 2 aromatic carbocycles. The Morgan fingerprint density at radius 1 is 0.971 bits per heavy atom. The monoisotopic (exact) mass is 543 g/mol. The number of hydrogen-bond donors (Lipinski definition) is 3. The molecule has 1 aromatic heterocycles. The van der Waals surface area contributed by atoms with E-state index < -0.39 is 35.7 Å². The normalized spacial score (nSPS) is 13.0. The van der Waals surface area contributed by atoms with Crippen LogP contribution in [-0.4, -0.2) is 46.0 Å². The Hall–Kier alpha value is -3.33. The van der Waals surface area contributed by atoms with E-state index in [9.17, 15) is 14.4 Å². The fourth-order valence-corrected chi connectivity index (χ4v) is 3.87. The molecule has 0 aliphatic heterocycles. The van der Waals surface area contributed by atoms with Gasteiger partial charge in [-0.3, -0.25) is 4.79 Å². The first-order chi connectivity index (χ1) is 16.7. The smallest absolute Gasteiger partial charge is 0.408 e. The number of hydrogen-bond acceptors (Lipinski definition) is 5. The summed E-state index contributed by atoms with van der Waals surface area (Å²) in [5.41, 5.74) is 1.87. The number of halogens is 1. The van der Waals surface area contributed by atoms with Crippen molar-refractivity contribution < 1.29 is 23.9 Å². The molecule has 3 N–H and O–H groups in total. The maximum Gasteiger partial charge on any atom is 0.408 e. The van der Waals surface area contributed by atoms with Gasteiger partial charge < -0.3 is 25.1 Å². The number of alkyl carbamates (subject to hydrolysis) is 1. The lowest BCUT2D eigenvalue weighted by atomic mass is 10.0. The second kappa shape index (κ2) is 11.9. The molecule has 2 atom stereocenters. The molecule has 0 spiro atoms. The quantitative estimate of drug-likeness (QED) is 0.276. The van der Waals surface area contributed by atoms with E-state index in [0.29, 0.717) is 0 Å². The second-order valence-corrected chi connectivity index (χ2v) is 9.72. The average Bonchev–Trinajstić information content (AvgIpc) is 3.22. The fraction of sp³-hybridized carbons (Fsp3) is 0.346. The van der Waals surface area contributed by atoms with Gasteiger partial charge in [-0.2, -0.15) is 0 Å². The van der Waals surface area contributed by atoms with Crippen LogP contribution < -0.4 is 10.6 Å². The molecular weight excluding hydrogens is 514 g/mol. The van der Waals surface area contributed by atoms with Crippen LogP contribution in [0.4, 0.5) is 4.79 Å². The van der Waals surface area contributed by atoms with Gasteiger partial charge in [0.1, 0.15) is 24.3 Å². The number of ether oxygens (including phenoxy) is 2. The predicted octanol–water partition coefficient (Wildman–Crippen LogP) is 4.23. The number of carbonyl (C=O) groups excluding carboxylic acids is 3. The van der Waals surface area contributed by atoms with E-state index in [1.165, 1.54) is 0 Å². The van der Waals surface area contributed by atoms with E-state index >= 15 is 0 Å². The molecule has 8 nitrogen and oxygen atoms in total. The lowest BCUT2D eigenvalue weighted by Gasteiger charge is -2.24. The molecule has 186 valence electrons. The van der Waals surface area contributed by atoms with Gasteiger partial charge in [0.2, 0.25) is 5.91 Å². The third-order valence-electron chi connectivity index (χ3n) is 5.09. The zero-order valence-electron chi connectivity index (χ0n) is 20.0. The number of aromatic amines is 1. The first-order valence-electron chi connectivity index (χ1n) is 11.3. The standard InChI is InChI=1S/C26H30BrN3O5/c1-26(2,3)35-25(33)30-21(13-18-15-28-20-12-8-7-11-19(18)20)23(31)29-22(14-27)24(32)34-16-17-9-5-4-6-10-17/h4-12,15,21-22,28H,13-14,16H2,1-3H3,(H,29,31)(H,30,33)/t21-,22-/m0/s1. The van der Waals surface area contributed by atoms with Gasteiger partial charge in [-0.1, -0.05) is 64.5 Å². The molecule has 1 heterocycles. The van der Waals surface area contributed by atoms with Crippen LogP contribution in [-0.2, 0) is 32.1 Å². The molecule has 0 radical (unpaired) electrons. The molecule has 3 rings (SSSR count). The minimum atomic E-state index is -0.979. The Morgan fingerprint density at radius 2 is 1.66 bits per heavy atom. The summed E-state index contributed by atoms with van der Waals surface area (Å²) in [4.78, 5) is 41.5. The van der Waals surface area contributed by atoms with E-state index in [1.807, 2.05) is 54.6 Å². The molecule has 35 heavy (non-hydrogen) atoms. The Bertz CT molecular complexity index is 1160. The van der Waals surface area contributed by atoms with E-state index in [4.69, 9.17) is 9.47 Å². The molecule has 0 saturated carbocycles. The van der Waals surface area contributed by atoms with Crippen LogP contribution in [0.3, 0.4) is 0 Å². The highest BCUT2D eigenvalue weighted by Crippen LogP contribution is 2.19. The van der Waals surface area contributed by atoms with Crippen molar-refractivity contribution in [1.82, 2.24) is 15.6 Å². The summed E-state index contributed by atoms with van der Waals surface area (Å²) in [6.45, 7) is 5.31. The van der Waals surface area contributed by atoms with Crippen LogP contribution in [0.1, 0.15) is 31.9 Å². The number of para-hydroxylation sites is 1. The summed E-state index contributed by atoms with van der Waals surface area (Å²) in [6, 6.07) is 15.0. The molecule has 0 aliphatic rings. The first kappa shape index (κ1) is 26.3. The first-order valence-corrected chi connectivity index (χ1v) is 12.4. The van der Waals surface area contributed by atoms with E-state index in [-0.39, 0.29) is 18.4 Å². The van der Waals surface area contributed by atoms with Crippen LogP contribution in [0, 0.1) is 0 Å². The van der Waals surface area contributed by atoms with Crippen LogP contribution in [0.2, 0.25) is 0 Å². The molecular formula is C26H30BrN3O5. The number of esters is 1. The summed E-state index contributed by atoms with van der Waals surface area (Å²) in [7, 11) is 0. The van der Waals surface area contributed by atoms with Gasteiger partial charge in [-0.05, 0) is 38.0 Å². The average molecular weight is 544 g/mol. The van der Waals surface area contributed by atoms with Crippen molar-refractivity contribution in [3.63, 3.8) is 0 Å². The zero-order valence-corrected chi connectivity index (χ0v) is 21.6. The van der Waals surface area contributed by atoms with Gasteiger partial charge in [0.25, 0.3) is 0 Å². The number of H-pyrrole nitrogens is 1. The van der Waals surface area contributed by atoms with Gasteiger partial charge in [0, 0.05) is 28.9 Å². The topological polar surface area (TPSA) is 110 Å². The summed E-state index contributed by atoms with van der Waals surface area (Å²) in [5, 5.41) is 6.43. The Morgan fingerprint density at radius 3 is 2.34 bits per heavy atom. The molecule has 0 aliphatic carbocycles. The van der Waals surface area contributed by atoms with E-state index in [1.54, 1.807) is 27.0 Å². The summed E-state index contributed by atoms with van der Waals surface area (Å²) >= 11 is 3.27. The van der Waals surface area contributed by atoms with Crippen LogP contribution in [0.5, 0.6) is 0 Å². The molecule has 0 fully saturated rings. The lowest BCUT2D eigenvalue weighted by molar-refractivity contribution is -0.148. The third-order valence-corrected chi connectivity index (χ3v) is 5.73. The highest BCUT2D eigenvalue weighted by atomic mass is 79.9. The van der Waals surface area contributed by atoms with Crippen molar-refractivity contribution in [1.29, 1.82) is 0 Å². The Kier molecular flexibility index (Phi) is 8.92. The fourth-order valence-electron chi connectivity index (χ4n) is 3.44. The maximum absolute atomic E-state index is 13.2. The highest BCUT2D eigenvalue weighted by Gasteiger charge is 2.29. The summed E-state index contributed by atoms with van der Waals surface area (Å²) in [6.07, 6.45) is 1.28. The number of nitrogens with one attached hydrogen (secondary N) is 3. The number of benzene rings is 2. The van der Waals surface area contributed by atoms with Crippen molar-refractivity contribution in [3.05, 3.63) is 71.9 Å². The van der Waals surface area contributed by atoms with Gasteiger partial charge >= 0.3 is 12.1 Å². The molecule has 9 heteroatoms. The number of aromatic nitrogens is 1. The van der Waals surface area contributed by atoms with Gasteiger partial charge in [-0.15, -0.1) is 0 Å². The van der Waals surface area contributed by atoms with Crippen molar-refractivity contribution in [3.8, 4) is 0 Å². The van der Waals surface area contributed by atoms with Crippen LogP contribution in [0.25, 0.3) is 10.9 Å². The second-order valence-electron chi connectivity index (χ2n) is 9.07. The number of alkyl halides is 1. The molecule has 0 saturated heterocycles. The number of fused-ring (bicyclic) bond motifs is 1. The minimum absolute atomic E-state index is 0.0912. The molecule has 2 amide bonds. The zero-order chi connectivity index (χ0) is 25.4. The van der Waals surface area contributed by atoms with E-state index in [0.717, 1.165) is 22.0 Å². The van der Waals surface area contributed by atoms with Crippen molar-refractivity contribution in [2.75, 3.05) is 5.33 Å². The van der Waals surface area contributed by atoms with Crippen LogP contribution in [0.15, 0.2) is 60.8 Å². The van der Waals surface area contributed by atoms with Crippen molar-refractivity contribution in [2.24, 2.45) is 0 Å². The maximum atomic E-state index is 13.2. The largest absolute Gasteiger partial charge is 0.459 e. The Balaban J connectivity index is 1.72. The van der Waals surface area contributed by atoms with Crippen molar-refractivity contribution in [2.45, 2.75) is 51.5 Å². The number of rotatable bonds is 9. The van der Waals surface area contributed by atoms with Gasteiger partial charge in [0.15, 0.2) is 0 Å². The number of carbonyl (C=O) groups is 3. The predicted molar refractivity (Wildman–Crippen MR) is 137 cm³/mol. The molecule has 3 aromatic rings. The SMILES string of the molecule is CC(C)(C)OC(=O)N[C@@H](Cc1c[nH]c2ccccc12)C(=O)N[C@@H](CBr)C(=O)OCc1ccccc1. The third kappa shape index (κ3) is 7.85. The summed E-state index contributed by atoms with van der Waals surface area (Å²) < 4.78 is 10.7. The van der Waals surface area contributed by atoms with Gasteiger partial charge in [0.05, 0.1) is 0 Å². The molecule has 0 bridgehead atoms. The summed E-state index contributed by atoms with van der Waals surface area (Å²) in [5.74, 6) is -1.11. The van der Waals surface area contributed by atoms with E-state index in [2.05, 4.69) is 31.5 Å². The molecule has 0 unspecified atom stereocenters. The lowest BCUT2D eigenvalue weighted by Crippen LogP contribution is -2.53. The highest BCUT2D eigenvalue weighted by molar-refractivity contribution is 9.09.